The molecule has 1 saturated heterocycles. The van der Waals surface area contributed by atoms with Gasteiger partial charge in [0.2, 0.25) is 5.91 Å². The van der Waals surface area contributed by atoms with E-state index in [2.05, 4.69) is 44.8 Å². The molecule has 0 unspecified atom stereocenters. The summed E-state index contributed by atoms with van der Waals surface area (Å²) in [6.45, 7) is 10.9. The molecule has 2 heterocycles. The van der Waals surface area contributed by atoms with Crippen LogP contribution in [0.1, 0.15) is 23.6 Å². The molecule has 1 aliphatic heterocycles. The largest absolute Gasteiger partial charge is 0.324 e. The van der Waals surface area contributed by atoms with Crippen molar-refractivity contribution in [1.29, 1.82) is 0 Å². The van der Waals surface area contributed by atoms with Gasteiger partial charge in [-0.2, -0.15) is 0 Å². The second-order valence-electron chi connectivity index (χ2n) is 8.00. The first-order valence-electron chi connectivity index (χ1n) is 10.3. The lowest BCUT2D eigenvalue weighted by Crippen LogP contribution is -2.52. The van der Waals surface area contributed by atoms with Crippen LogP contribution >= 0.6 is 11.3 Å². The summed E-state index contributed by atoms with van der Waals surface area (Å²) in [5.41, 5.74) is 4.59. The maximum Gasteiger partial charge on any atom is 0.241 e. The number of anilines is 1. The molecule has 2 aromatic carbocycles. The van der Waals surface area contributed by atoms with E-state index < -0.39 is 0 Å². The standard InChI is InChI=1S/C24H29N3OS/c1-17-7-6-8-18(2)23(17)25-24(28)19(3)27-13-11-26(12-14-27)15-20-16-29-22-10-5-4-9-21(20)22/h4-10,16,19H,11-15H2,1-3H3,(H,25,28)/t19-/m1/s1. The summed E-state index contributed by atoms with van der Waals surface area (Å²) in [5, 5.41) is 6.82. The van der Waals surface area contributed by atoms with Gasteiger partial charge >= 0.3 is 0 Å². The minimum Gasteiger partial charge on any atom is -0.324 e. The van der Waals surface area contributed by atoms with Gasteiger partial charge in [-0.3, -0.25) is 14.6 Å². The van der Waals surface area contributed by atoms with Crippen molar-refractivity contribution < 1.29 is 4.79 Å². The van der Waals surface area contributed by atoms with E-state index in [-0.39, 0.29) is 11.9 Å². The van der Waals surface area contributed by atoms with Crippen molar-refractivity contribution in [2.75, 3.05) is 31.5 Å². The van der Waals surface area contributed by atoms with Crippen molar-refractivity contribution in [3.8, 4) is 0 Å². The number of para-hydroxylation sites is 1. The molecule has 1 aliphatic rings. The van der Waals surface area contributed by atoms with E-state index in [4.69, 9.17) is 0 Å². The van der Waals surface area contributed by atoms with Gasteiger partial charge in [0.15, 0.2) is 0 Å². The molecule has 5 heteroatoms. The number of piperazine rings is 1. The van der Waals surface area contributed by atoms with Crippen LogP contribution in [0, 0.1) is 13.8 Å². The number of thiophene rings is 1. The Morgan fingerprint density at radius 2 is 1.72 bits per heavy atom. The molecule has 0 bridgehead atoms. The second-order valence-corrected chi connectivity index (χ2v) is 8.91. The number of amides is 1. The first-order chi connectivity index (χ1) is 14.0. The average Bonchev–Trinajstić information content (AvgIpc) is 3.14. The fourth-order valence-electron chi connectivity index (χ4n) is 4.11. The van der Waals surface area contributed by atoms with Gasteiger partial charge in [0.1, 0.15) is 0 Å². The number of carbonyl (C=O) groups excluding carboxylic acids is 1. The Hall–Kier alpha value is -2.21. The number of hydrogen-bond donors (Lipinski definition) is 1. The molecule has 0 aliphatic carbocycles. The van der Waals surface area contributed by atoms with Crippen LogP contribution < -0.4 is 5.32 Å². The lowest BCUT2D eigenvalue weighted by molar-refractivity contribution is -0.121. The van der Waals surface area contributed by atoms with Crippen LogP contribution in [-0.2, 0) is 11.3 Å². The lowest BCUT2D eigenvalue weighted by Gasteiger charge is -2.37. The molecular weight excluding hydrogens is 378 g/mol. The summed E-state index contributed by atoms with van der Waals surface area (Å²) in [6.07, 6.45) is 0. The molecule has 29 heavy (non-hydrogen) atoms. The first kappa shape index (κ1) is 20.1. The summed E-state index contributed by atoms with van der Waals surface area (Å²) in [7, 11) is 0. The van der Waals surface area contributed by atoms with Gasteiger partial charge in [-0.25, -0.2) is 0 Å². The number of nitrogens with zero attached hydrogens (tertiary/aromatic N) is 2. The highest BCUT2D eigenvalue weighted by Crippen LogP contribution is 2.27. The van der Waals surface area contributed by atoms with E-state index in [0.717, 1.165) is 49.5 Å². The molecule has 0 spiro atoms. The Morgan fingerprint density at radius 1 is 1.03 bits per heavy atom. The maximum absolute atomic E-state index is 12.8. The van der Waals surface area contributed by atoms with E-state index in [1.807, 2.05) is 50.3 Å². The third-order valence-corrected chi connectivity index (χ3v) is 7.03. The summed E-state index contributed by atoms with van der Waals surface area (Å²) in [6, 6.07) is 14.6. The van der Waals surface area contributed by atoms with E-state index in [0.29, 0.717) is 0 Å². The highest BCUT2D eigenvalue weighted by Gasteiger charge is 2.26. The fraction of sp³-hybridized carbons (Fsp3) is 0.375. The van der Waals surface area contributed by atoms with Crippen molar-refractivity contribution in [2.24, 2.45) is 0 Å². The van der Waals surface area contributed by atoms with Gasteiger partial charge in [0, 0.05) is 43.1 Å². The van der Waals surface area contributed by atoms with Crippen LogP contribution in [0.3, 0.4) is 0 Å². The Morgan fingerprint density at radius 3 is 2.45 bits per heavy atom. The molecule has 1 atom stereocenters. The van der Waals surface area contributed by atoms with Gasteiger partial charge < -0.3 is 5.32 Å². The van der Waals surface area contributed by atoms with E-state index in [1.165, 1.54) is 15.6 Å². The Bertz CT molecular complexity index is 984. The number of benzene rings is 2. The monoisotopic (exact) mass is 407 g/mol. The van der Waals surface area contributed by atoms with Crippen molar-refractivity contribution in [1.82, 2.24) is 9.80 Å². The number of nitrogens with one attached hydrogen (secondary N) is 1. The molecule has 4 nitrogen and oxygen atoms in total. The van der Waals surface area contributed by atoms with Gasteiger partial charge in [-0.15, -0.1) is 11.3 Å². The van der Waals surface area contributed by atoms with E-state index in [9.17, 15) is 4.79 Å². The van der Waals surface area contributed by atoms with Crippen LogP contribution in [0.4, 0.5) is 5.69 Å². The molecule has 152 valence electrons. The van der Waals surface area contributed by atoms with Crippen molar-refractivity contribution >= 4 is 33.0 Å². The fourth-order valence-corrected chi connectivity index (χ4v) is 5.06. The minimum absolute atomic E-state index is 0.0830. The molecule has 3 aromatic rings. The zero-order valence-electron chi connectivity index (χ0n) is 17.4. The summed E-state index contributed by atoms with van der Waals surface area (Å²) in [4.78, 5) is 17.6. The quantitative estimate of drug-likeness (QED) is 0.668. The molecule has 1 fully saturated rings. The predicted octanol–water partition coefficient (Wildman–Crippen LogP) is 4.66. The molecule has 1 N–H and O–H groups in total. The van der Waals surface area contributed by atoms with E-state index >= 15 is 0 Å². The average molecular weight is 408 g/mol. The van der Waals surface area contributed by atoms with E-state index in [1.54, 1.807) is 0 Å². The molecule has 4 rings (SSSR count). The lowest BCUT2D eigenvalue weighted by atomic mass is 10.1. The molecule has 0 saturated carbocycles. The Balaban J connectivity index is 1.33. The smallest absolute Gasteiger partial charge is 0.241 e. The zero-order chi connectivity index (χ0) is 20.4. The van der Waals surface area contributed by atoms with Gasteiger partial charge in [-0.05, 0) is 54.3 Å². The summed E-state index contributed by atoms with van der Waals surface area (Å²) >= 11 is 1.82. The third kappa shape index (κ3) is 4.37. The van der Waals surface area contributed by atoms with Crippen LogP contribution in [0.2, 0.25) is 0 Å². The molecule has 0 radical (unpaired) electrons. The van der Waals surface area contributed by atoms with Gasteiger partial charge in [0.05, 0.1) is 6.04 Å². The van der Waals surface area contributed by atoms with Crippen molar-refractivity contribution in [3.05, 3.63) is 64.5 Å². The molecular formula is C24H29N3OS. The number of carbonyl (C=O) groups is 1. The zero-order valence-corrected chi connectivity index (χ0v) is 18.3. The maximum atomic E-state index is 12.8. The van der Waals surface area contributed by atoms with Gasteiger partial charge in [-0.1, -0.05) is 36.4 Å². The van der Waals surface area contributed by atoms with Crippen LogP contribution in [0.25, 0.3) is 10.1 Å². The normalized spacial score (nSPS) is 16.8. The third-order valence-electron chi connectivity index (χ3n) is 6.02. The van der Waals surface area contributed by atoms with Crippen LogP contribution in [-0.4, -0.2) is 47.9 Å². The number of aryl methyl sites for hydroxylation is 2. The second kappa shape index (κ2) is 8.66. The predicted molar refractivity (Wildman–Crippen MR) is 123 cm³/mol. The van der Waals surface area contributed by atoms with Crippen molar-refractivity contribution in [2.45, 2.75) is 33.4 Å². The molecule has 1 aromatic heterocycles. The summed E-state index contributed by atoms with van der Waals surface area (Å²) in [5.74, 6) is 0.0830. The summed E-state index contributed by atoms with van der Waals surface area (Å²) < 4.78 is 1.36. The minimum atomic E-state index is -0.127. The first-order valence-corrected chi connectivity index (χ1v) is 11.2. The van der Waals surface area contributed by atoms with Crippen LogP contribution in [0.5, 0.6) is 0 Å². The SMILES string of the molecule is Cc1cccc(C)c1NC(=O)[C@@H](C)N1CCN(Cc2csc3ccccc23)CC1. The highest BCUT2D eigenvalue weighted by atomic mass is 32.1. The Labute approximate surface area is 177 Å². The van der Waals surface area contributed by atoms with Crippen LogP contribution in [0.15, 0.2) is 47.8 Å². The van der Waals surface area contributed by atoms with Gasteiger partial charge in [0.25, 0.3) is 0 Å². The topological polar surface area (TPSA) is 35.6 Å². The van der Waals surface area contributed by atoms with Crippen molar-refractivity contribution in [3.63, 3.8) is 0 Å². The highest BCUT2D eigenvalue weighted by molar-refractivity contribution is 7.17. The number of rotatable bonds is 5. The number of fused-ring (bicyclic) bond motifs is 1. The Kier molecular flexibility index (Phi) is 5.99. The number of hydrogen-bond acceptors (Lipinski definition) is 4. The molecule has 1 amide bonds.